The van der Waals surface area contributed by atoms with Gasteiger partial charge in [0.25, 0.3) is 0 Å². The molecule has 0 aromatic heterocycles. The van der Waals surface area contributed by atoms with Crippen molar-refractivity contribution in [1.29, 1.82) is 0 Å². The van der Waals surface area contributed by atoms with Gasteiger partial charge in [0.15, 0.2) is 0 Å². The van der Waals surface area contributed by atoms with Gasteiger partial charge >= 0.3 is 11.9 Å². The quantitative estimate of drug-likeness (QED) is 0.229. The van der Waals surface area contributed by atoms with Crippen LogP contribution in [-0.2, 0) is 19.1 Å². The molecule has 0 N–H and O–H groups in total. The van der Waals surface area contributed by atoms with Crippen LogP contribution in [0.3, 0.4) is 0 Å². The summed E-state index contributed by atoms with van der Waals surface area (Å²) < 4.78 is 11.1. The van der Waals surface area contributed by atoms with Gasteiger partial charge in [0.2, 0.25) is 0 Å². The molecule has 4 heteroatoms. The van der Waals surface area contributed by atoms with Crippen molar-refractivity contribution in [3.8, 4) is 0 Å². The summed E-state index contributed by atoms with van der Waals surface area (Å²) in [6.45, 7) is 0. The van der Waals surface area contributed by atoms with E-state index in [9.17, 15) is 9.59 Å². The van der Waals surface area contributed by atoms with Gasteiger partial charge in [0, 0.05) is 12.8 Å². The lowest BCUT2D eigenvalue weighted by atomic mass is 9.98. The predicted octanol–water partition coefficient (Wildman–Crippen LogP) is 7.03. The third kappa shape index (κ3) is 12.3. The van der Waals surface area contributed by atoms with Gasteiger partial charge in [-0.2, -0.15) is 0 Å². The smallest absolute Gasteiger partial charge is 0.306 e. The predicted molar refractivity (Wildman–Crippen MR) is 117 cm³/mol. The molecule has 0 bridgehead atoms. The molecule has 2 aliphatic carbocycles. The second-order valence-electron chi connectivity index (χ2n) is 9.18. The van der Waals surface area contributed by atoms with Gasteiger partial charge in [-0.15, -0.1) is 0 Å². The average Bonchev–Trinajstić information content (AvgIpc) is 2.73. The lowest BCUT2D eigenvalue weighted by Crippen LogP contribution is -2.20. The topological polar surface area (TPSA) is 52.6 Å². The molecular formula is C25H44O4. The Morgan fingerprint density at radius 2 is 0.793 bits per heavy atom. The van der Waals surface area contributed by atoms with Crippen LogP contribution in [-0.4, -0.2) is 24.1 Å². The highest BCUT2D eigenvalue weighted by molar-refractivity contribution is 5.69. The third-order valence-electron chi connectivity index (χ3n) is 6.46. The molecule has 168 valence electrons. The van der Waals surface area contributed by atoms with Gasteiger partial charge in [0.1, 0.15) is 12.2 Å². The summed E-state index contributed by atoms with van der Waals surface area (Å²) in [5.41, 5.74) is 0. The number of hydrogen-bond acceptors (Lipinski definition) is 4. The summed E-state index contributed by atoms with van der Waals surface area (Å²) in [6, 6.07) is 0. The Morgan fingerprint density at radius 3 is 1.14 bits per heavy atom. The van der Waals surface area contributed by atoms with E-state index in [0.717, 1.165) is 51.4 Å². The van der Waals surface area contributed by atoms with Crippen molar-refractivity contribution in [1.82, 2.24) is 0 Å². The van der Waals surface area contributed by atoms with Crippen molar-refractivity contribution in [3.05, 3.63) is 0 Å². The zero-order chi connectivity index (χ0) is 20.6. The SMILES string of the molecule is O=C(CCCCCCCCCCCC(=O)OC1CCCCC1)OC1CCCCC1. The Hall–Kier alpha value is -1.06. The minimum atomic E-state index is 0.0129. The van der Waals surface area contributed by atoms with E-state index in [-0.39, 0.29) is 24.1 Å². The molecule has 2 rings (SSSR count). The standard InChI is InChI=1S/C25H44O4/c26-24(28-22-16-10-8-11-17-22)20-14-6-4-2-1-3-5-7-15-21-25(27)29-23-18-12-9-13-19-23/h22-23H,1-21H2. The Bertz CT molecular complexity index is 396. The highest BCUT2D eigenvalue weighted by Crippen LogP contribution is 2.22. The first-order chi connectivity index (χ1) is 14.2. The number of unbranched alkanes of at least 4 members (excludes halogenated alkanes) is 8. The van der Waals surface area contributed by atoms with E-state index in [4.69, 9.17) is 9.47 Å². The van der Waals surface area contributed by atoms with E-state index in [1.807, 2.05) is 0 Å². The van der Waals surface area contributed by atoms with Gasteiger partial charge in [-0.05, 0) is 64.2 Å². The first-order valence-corrected chi connectivity index (χ1v) is 12.6. The van der Waals surface area contributed by atoms with Crippen LogP contribution in [0.15, 0.2) is 0 Å². The summed E-state index contributed by atoms with van der Waals surface area (Å²) in [6.07, 6.45) is 23.6. The molecule has 29 heavy (non-hydrogen) atoms. The third-order valence-corrected chi connectivity index (χ3v) is 6.46. The molecule has 0 spiro atoms. The van der Waals surface area contributed by atoms with E-state index in [1.54, 1.807) is 0 Å². The molecule has 2 saturated carbocycles. The van der Waals surface area contributed by atoms with Crippen molar-refractivity contribution < 1.29 is 19.1 Å². The van der Waals surface area contributed by atoms with Crippen molar-refractivity contribution in [3.63, 3.8) is 0 Å². The number of carbonyl (C=O) groups is 2. The van der Waals surface area contributed by atoms with Gasteiger partial charge in [0.05, 0.1) is 0 Å². The normalized spacial score (nSPS) is 18.5. The molecule has 0 aliphatic heterocycles. The first-order valence-electron chi connectivity index (χ1n) is 12.6. The van der Waals surface area contributed by atoms with Crippen molar-refractivity contribution in [2.75, 3.05) is 0 Å². The monoisotopic (exact) mass is 408 g/mol. The van der Waals surface area contributed by atoms with Gasteiger partial charge < -0.3 is 9.47 Å². The van der Waals surface area contributed by atoms with Crippen LogP contribution in [0, 0.1) is 0 Å². The first kappa shape index (κ1) is 24.2. The van der Waals surface area contributed by atoms with Crippen molar-refractivity contribution in [2.45, 2.75) is 147 Å². The Balaban J connectivity index is 1.30. The minimum absolute atomic E-state index is 0.0129. The Labute approximate surface area is 178 Å². The van der Waals surface area contributed by atoms with Gasteiger partial charge in [-0.3, -0.25) is 9.59 Å². The van der Waals surface area contributed by atoms with Crippen LogP contribution in [0.2, 0.25) is 0 Å². The maximum Gasteiger partial charge on any atom is 0.306 e. The fourth-order valence-electron chi connectivity index (χ4n) is 4.63. The Kier molecular flexibility index (Phi) is 13.1. The van der Waals surface area contributed by atoms with Crippen LogP contribution in [0.25, 0.3) is 0 Å². The lowest BCUT2D eigenvalue weighted by molar-refractivity contribution is -0.151. The van der Waals surface area contributed by atoms with E-state index < -0.39 is 0 Å². The molecule has 0 atom stereocenters. The molecule has 0 radical (unpaired) electrons. The fourth-order valence-corrected chi connectivity index (χ4v) is 4.63. The van der Waals surface area contributed by atoms with Gasteiger partial charge in [-0.1, -0.05) is 57.8 Å². The molecule has 0 amide bonds. The maximum absolute atomic E-state index is 11.9. The summed E-state index contributed by atoms with van der Waals surface area (Å²) in [5, 5.41) is 0. The molecule has 0 saturated heterocycles. The summed E-state index contributed by atoms with van der Waals surface area (Å²) in [4.78, 5) is 23.7. The molecule has 0 unspecified atom stereocenters. The number of esters is 2. The Morgan fingerprint density at radius 1 is 0.483 bits per heavy atom. The zero-order valence-corrected chi connectivity index (χ0v) is 18.6. The molecular weight excluding hydrogens is 364 g/mol. The van der Waals surface area contributed by atoms with E-state index >= 15 is 0 Å². The molecule has 0 heterocycles. The summed E-state index contributed by atoms with van der Waals surface area (Å²) in [7, 11) is 0. The maximum atomic E-state index is 11.9. The second kappa shape index (κ2) is 15.7. The summed E-state index contributed by atoms with van der Waals surface area (Å²) in [5.74, 6) is 0.0258. The molecule has 4 nitrogen and oxygen atoms in total. The largest absolute Gasteiger partial charge is 0.462 e. The number of hydrogen-bond donors (Lipinski definition) is 0. The van der Waals surface area contributed by atoms with E-state index in [0.29, 0.717) is 12.8 Å². The lowest BCUT2D eigenvalue weighted by Gasteiger charge is -2.21. The highest BCUT2D eigenvalue weighted by Gasteiger charge is 2.18. The van der Waals surface area contributed by atoms with E-state index in [1.165, 1.54) is 70.6 Å². The number of ether oxygens (including phenoxy) is 2. The molecule has 2 aliphatic rings. The molecule has 2 fully saturated rings. The second-order valence-corrected chi connectivity index (χ2v) is 9.18. The average molecular weight is 409 g/mol. The number of carbonyl (C=O) groups excluding carboxylic acids is 2. The van der Waals surface area contributed by atoms with Crippen LogP contribution in [0.4, 0.5) is 0 Å². The summed E-state index contributed by atoms with van der Waals surface area (Å²) >= 11 is 0. The minimum Gasteiger partial charge on any atom is -0.462 e. The van der Waals surface area contributed by atoms with Crippen LogP contribution >= 0.6 is 0 Å². The van der Waals surface area contributed by atoms with Gasteiger partial charge in [-0.25, -0.2) is 0 Å². The zero-order valence-electron chi connectivity index (χ0n) is 18.6. The van der Waals surface area contributed by atoms with Crippen LogP contribution in [0.5, 0.6) is 0 Å². The van der Waals surface area contributed by atoms with E-state index in [2.05, 4.69) is 0 Å². The van der Waals surface area contributed by atoms with Crippen LogP contribution in [0.1, 0.15) is 135 Å². The van der Waals surface area contributed by atoms with Crippen molar-refractivity contribution >= 4 is 11.9 Å². The molecule has 0 aromatic carbocycles. The van der Waals surface area contributed by atoms with Crippen molar-refractivity contribution in [2.24, 2.45) is 0 Å². The number of rotatable bonds is 14. The van der Waals surface area contributed by atoms with Crippen LogP contribution < -0.4 is 0 Å². The molecule has 0 aromatic rings. The highest BCUT2D eigenvalue weighted by atomic mass is 16.5. The fraction of sp³-hybridized carbons (Fsp3) is 0.920.